The quantitative estimate of drug-likeness (QED) is 0.196. The first kappa shape index (κ1) is 28.9. The maximum Gasteiger partial charge on any atom is 0.256 e. The van der Waals surface area contributed by atoms with Crippen molar-refractivity contribution < 1.29 is 18.7 Å². The number of hydrogen-bond acceptors (Lipinski definition) is 6. The number of fused-ring (bicyclic) bond motifs is 3. The first-order valence-corrected chi connectivity index (χ1v) is 14.1. The molecule has 10 heteroatoms. The third kappa shape index (κ3) is 5.49. The fraction of sp³-hybridized carbons (Fsp3) is 0.147. The number of carbonyl (C=O) groups is 2. The number of pyridine rings is 1. The molecule has 220 valence electrons. The molecule has 0 unspecified atom stereocenters. The third-order valence-electron chi connectivity index (χ3n) is 7.06. The van der Waals surface area contributed by atoms with Gasteiger partial charge in [0.15, 0.2) is 0 Å². The molecule has 2 N–H and O–H groups in total. The monoisotopic (exact) mass is 607 g/mol. The van der Waals surface area contributed by atoms with Gasteiger partial charge in [0.05, 0.1) is 51.2 Å². The van der Waals surface area contributed by atoms with Crippen LogP contribution in [0.4, 0.5) is 10.1 Å². The normalized spacial score (nSPS) is 11.6. The zero-order valence-electron chi connectivity index (χ0n) is 24.3. The number of hydrogen-bond donors (Lipinski definition) is 2. The van der Waals surface area contributed by atoms with Crippen LogP contribution in [0, 0.1) is 5.82 Å². The number of ether oxygens (including phenoxy) is 1. The zero-order chi connectivity index (χ0) is 31.2. The second-order valence-electron chi connectivity index (χ2n) is 11.3. The van der Waals surface area contributed by atoms with Gasteiger partial charge in [-0.3, -0.25) is 9.59 Å². The van der Waals surface area contributed by atoms with E-state index in [4.69, 9.17) is 21.3 Å². The molecule has 44 heavy (non-hydrogen) atoms. The topological polar surface area (TPSA) is 106 Å². The molecule has 0 spiro atoms. The van der Waals surface area contributed by atoms with Gasteiger partial charge in [-0.05, 0) is 69.3 Å². The highest BCUT2D eigenvalue weighted by atomic mass is 35.5. The van der Waals surface area contributed by atoms with Crippen LogP contribution in [0.1, 0.15) is 41.5 Å². The Bertz CT molecular complexity index is 2130. The molecule has 4 aromatic carbocycles. The summed E-state index contributed by atoms with van der Waals surface area (Å²) in [5, 5.41) is 7.83. The molecule has 0 fully saturated rings. The van der Waals surface area contributed by atoms with E-state index in [0.717, 1.165) is 10.9 Å². The van der Waals surface area contributed by atoms with Gasteiger partial charge in [-0.1, -0.05) is 29.8 Å². The van der Waals surface area contributed by atoms with E-state index in [-0.39, 0.29) is 16.1 Å². The second kappa shape index (κ2) is 11.2. The number of anilines is 1. The number of nitrogens with one attached hydrogen (secondary N) is 2. The number of para-hydroxylation sites is 1. The van der Waals surface area contributed by atoms with Crippen molar-refractivity contribution in [3.05, 3.63) is 101 Å². The molecular weight excluding hydrogens is 581 g/mol. The lowest BCUT2D eigenvalue weighted by atomic mass is 9.97. The molecule has 8 nitrogen and oxygen atoms in total. The van der Waals surface area contributed by atoms with Crippen molar-refractivity contribution in [2.24, 2.45) is 0 Å². The van der Waals surface area contributed by atoms with E-state index in [1.54, 1.807) is 30.3 Å². The first-order chi connectivity index (χ1) is 21.0. The molecule has 0 atom stereocenters. The van der Waals surface area contributed by atoms with Gasteiger partial charge in [0.1, 0.15) is 17.9 Å². The Balaban J connectivity index is 1.49. The molecule has 0 saturated carbocycles. The largest absolute Gasteiger partial charge is 0.494 e. The molecule has 0 aliphatic carbocycles. The van der Waals surface area contributed by atoms with Gasteiger partial charge >= 0.3 is 0 Å². The zero-order valence-corrected chi connectivity index (χ0v) is 25.1. The fourth-order valence-electron chi connectivity index (χ4n) is 5.10. The summed E-state index contributed by atoms with van der Waals surface area (Å²) in [7, 11) is 1.48. The van der Waals surface area contributed by atoms with Crippen LogP contribution in [0.2, 0.25) is 5.02 Å². The highest BCUT2D eigenvalue weighted by Crippen LogP contribution is 2.36. The second-order valence-corrected chi connectivity index (χ2v) is 11.7. The number of nitrogens with zero attached hydrogens (tertiary/aromatic N) is 3. The number of aromatic nitrogens is 3. The Kier molecular flexibility index (Phi) is 7.34. The predicted molar refractivity (Wildman–Crippen MR) is 171 cm³/mol. The smallest absolute Gasteiger partial charge is 0.256 e. The Morgan fingerprint density at radius 1 is 0.864 bits per heavy atom. The summed E-state index contributed by atoms with van der Waals surface area (Å²) in [5.41, 5.74) is 3.10. The van der Waals surface area contributed by atoms with Crippen molar-refractivity contribution >= 4 is 61.8 Å². The van der Waals surface area contributed by atoms with Crippen LogP contribution in [-0.4, -0.2) is 39.4 Å². The van der Waals surface area contributed by atoms with Crippen molar-refractivity contribution in [2.75, 3.05) is 12.4 Å². The summed E-state index contributed by atoms with van der Waals surface area (Å²) >= 11 is 6.05. The van der Waals surface area contributed by atoms with E-state index in [1.807, 2.05) is 51.1 Å². The Morgan fingerprint density at radius 3 is 2.41 bits per heavy atom. The van der Waals surface area contributed by atoms with E-state index in [0.29, 0.717) is 44.5 Å². The van der Waals surface area contributed by atoms with Gasteiger partial charge in [0.25, 0.3) is 11.8 Å². The van der Waals surface area contributed by atoms with Crippen LogP contribution in [0.5, 0.6) is 5.75 Å². The molecule has 2 amide bonds. The van der Waals surface area contributed by atoms with Crippen LogP contribution >= 0.6 is 11.6 Å². The van der Waals surface area contributed by atoms with Crippen LogP contribution in [0.25, 0.3) is 44.0 Å². The Labute approximate surface area is 257 Å². The minimum absolute atomic E-state index is 0.0454. The Hall–Kier alpha value is -5.15. The molecule has 0 aliphatic heterocycles. The maximum absolute atomic E-state index is 14.0. The van der Waals surface area contributed by atoms with Crippen LogP contribution in [0.15, 0.2) is 79.1 Å². The minimum atomic E-state index is -0.557. The van der Waals surface area contributed by atoms with E-state index in [9.17, 15) is 14.0 Å². The molecule has 6 aromatic rings. The average molecular weight is 608 g/mol. The maximum atomic E-state index is 14.0. The lowest BCUT2D eigenvalue weighted by molar-refractivity contribution is 0.0911. The van der Waals surface area contributed by atoms with Gasteiger partial charge in [-0.25, -0.2) is 19.3 Å². The van der Waals surface area contributed by atoms with E-state index < -0.39 is 23.2 Å². The van der Waals surface area contributed by atoms with E-state index >= 15 is 0 Å². The highest BCUT2D eigenvalue weighted by Gasteiger charge is 2.25. The van der Waals surface area contributed by atoms with Crippen molar-refractivity contribution in [3.8, 4) is 17.0 Å². The predicted octanol–water partition coefficient (Wildman–Crippen LogP) is 7.58. The number of benzene rings is 4. The number of amides is 2. The summed E-state index contributed by atoms with van der Waals surface area (Å²) in [6.45, 7) is 5.62. The first-order valence-electron chi connectivity index (χ1n) is 13.8. The molecule has 2 aromatic heterocycles. The average Bonchev–Trinajstić information content (AvgIpc) is 2.99. The van der Waals surface area contributed by atoms with E-state index in [1.165, 1.54) is 25.6 Å². The Morgan fingerprint density at radius 2 is 1.66 bits per heavy atom. The number of methoxy groups -OCH3 is 1. The molecular formula is C34H27ClFN5O3. The summed E-state index contributed by atoms with van der Waals surface area (Å²) in [4.78, 5) is 41.2. The van der Waals surface area contributed by atoms with Crippen LogP contribution in [-0.2, 0) is 0 Å². The van der Waals surface area contributed by atoms with Crippen LogP contribution in [0.3, 0.4) is 0 Å². The fourth-order valence-corrected chi connectivity index (χ4v) is 5.28. The van der Waals surface area contributed by atoms with E-state index in [2.05, 4.69) is 20.6 Å². The third-order valence-corrected chi connectivity index (χ3v) is 7.35. The molecule has 2 heterocycles. The van der Waals surface area contributed by atoms with Crippen molar-refractivity contribution in [3.63, 3.8) is 0 Å². The number of rotatable bonds is 5. The summed E-state index contributed by atoms with van der Waals surface area (Å²) in [5.74, 6) is -1.13. The van der Waals surface area contributed by atoms with Crippen LogP contribution < -0.4 is 15.4 Å². The molecule has 0 saturated heterocycles. The van der Waals surface area contributed by atoms with Gasteiger partial charge in [-0.15, -0.1) is 0 Å². The SMILES string of the molecule is COc1cc2ncnc(-c3ccc(F)c(Cl)c3)c2cc1NC(=O)c1ccc2nc3ccccc3cc2c1C(=O)NC(C)(C)C. The van der Waals surface area contributed by atoms with Gasteiger partial charge in [-0.2, -0.15) is 0 Å². The summed E-state index contributed by atoms with van der Waals surface area (Å²) in [6, 6.07) is 20.5. The van der Waals surface area contributed by atoms with Crippen molar-refractivity contribution in [1.29, 1.82) is 0 Å². The molecule has 0 bridgehead atoms. The van der Waals surface area contributed by atoms with Gasteiger partial charge in [0, 0.05) is 33.3 Å². The van der Waals surface area contributed by atoms with Crippen molar-refractivity contribution in [1.82, 2.24) is 20.3 Å². The summed E-state index contributed by atoms with van der Waals surface area (Å²) in [6.07, 6.45) is 1.39. The van der Waals surface area contributed by atoms with Gasteiger partial charge < -0.3 is 15.4 Å². The molecule has 0 aliphatic rings. The van der Waals surface area contributed by atoms with Crippen molar-refractivity contribution in [2.45, 2.75) is 26.3 Å². The minimum Gasteiger partial charge on any atom is -0.494 e. The highest BCUT2D eigenvalue weighted by molar-refractivity contribution is 6.31. The molecule has 6 rings (SSSR count). The standard InChI is InChI=1S/C34H27ClFN5O3/c1-34(2,3)41-33(43)30-20(10-12-26-21(30)13-18-7-5-6-8-25(18)39-26)32(42)40-28-15-22-27(16-29(28)44-4)37-17-38-31(22)19-9-11-24(36)23(35)14-19/h5-17H,1-4H3,(H,40,42)(H,41,43). The number of halogens is 2. The molecule has 0 radical (unpaired) electrons. The lowest BCUT2D eigenvalue weighted by Crippen LogP contribution is -2.41. The van der Waals surface area contributed by atoms with Gasteiger partial charge in [0.2, 0.25) is 0 Å². The lowest BCUT2D eigenvalue weighted by Gasteiger charge is -2.22. The summed E-state index contributed by atoms with van der Waals surface area (Å²) < 4.78 is 19.5. The number of carbonyl (C=O) groups excluding carboxylic acids is 2.